The number of carbonyl (C=O) groups is 2. The summed E-state index contributed by atoms with van der Waals surface area (Å²) in [5.41, 5.74) is 2.85. The molecule has 0 aromatic heterocycles. The summed E-state index contributed by atoms with van der Waals surface area (Å²) < 4.78 is 0. The third-order valence-corrected chi connectivity index (χ3v) is 3.07. The van der Waals surface area contributed by atoms with Gasteiger partial charge >= 0.3 is 0 Å². The molecule has 1 aromatic carbocycles. The molecule has 5 nitrogen and oxygen atoms in total. The summed E-state index contributed by atoms with van der Waals surface area (Å²) in [6.45, 7) is 0.736. The van der Waals surface area contributed by atoms with Crippen molar-refractivity contribution in [3.8, 4) is 6.07 Å². The van der Waals surface area contributed by atoms with Gasteiger partial charge in [0.2, 0.25) is 5.91 Å². The summed E-state index contributed by atoms with van der Waals surface area (Å²) in [5, 5.41) is 11.5. The number of hydrogen-bond acceptors (Lipinski definition) is 4. The molecular formula is C14H15N3O2. The molecule has 1 aromatic rings. The molecule has 1 heterocycles. The molecule has 0 bridgehead atoms. The Bertz CT molecular complexity index is 560. The topological polar surface area (TPSA) is 73.2 Å². The molecule has 0 saturated heterocycles. The van der Waals surface area contributed by atoms with Crippen molar-refractivity contribution in [2.45, 2.75) is 19.4 Å². The van der Waals surface area contributed by atoms with Crippen molar-refractivity contribution >= 4 is 17.4 Å². The summed E-state index contributed by atoms with van der Waals surface area (Å²) >= 11 is 0. The van der Waals surface area contributed by atoms with E-state index in [1.165, 1.54) is 4.90 Å². The summed E-state index contributed by atoms with van der Waals surface area (Å²) in [4.78, 5) is 24.9. The number of anilines is 1. The van der Waals surface area contributed by atoms with Gasteiger partial charge in [0, 0.05) is 12.2 Å². The molecule has 98 valence electrons. The number of hydrogen-bond donors (Lipinski definition) is 1. The fraction of sp³-hybridized carbons (Fsp3) is 0.357. The molecule has 0 saturated carbocycles. The molecule has 0 radical (unpaired) electrons. The standard InChI is InChI=1S/C14H15N3O2/c1-16-8-10-2-3-13-11(6-10)7-14(19)17(13)9-12(18)4-5-15/h2-3,6,16H,4,7-9H2,1H3. The van der Waals surface area contributed by atoms with E-state index in [0.717, 1.165) is 23.4 Å². The number of nitriles is 1. The van der Waals surface area contributed by atoms with Crippen molar-refractivity contribution in [2.75, 3.05) is 18.5 Å². The zero-order chi connectivity index (χ0) is 13.8. The second-order valence-corrected chi connectivity index (χ2v) is 4.52. The van der Waals surface area contributed by atoms with Gasteiger partial charge in [0.05, 0.1) is 25.5 Å². The van der Waals surface area contributed by atoms with Crippen LogP contribution in [-0.4, -0.2) is 25.3 Å². The van der Waals surface area contributed by atoms with Gasteiger partial charge in [0.1, 0.15) is 0 Å². The molecule has 1 N–H and O–H groups in total. The van der Waals surface area contributed by atoms with E-state index in [1.54, 1.807) is 0 Å². The molecule has 1 aliphatic heterocycles. The lowest BCUT2D eigenvalue weighted by molar-refractivity contribution is -0.121. The first-order valence-corrected chi connectivity index (χ1v) is 6.11. The van der Waals surface area contributed by atoms with Gasteiger partial charge in [0.15, 0.2) is 5.78 Å². The van der Waals surface area contributed by atoms with Gasteiger partial charge < -0.3 is 10.2 Å². The maximum atomic E-state index is 11.9. The fourth-order valence-electron chi connectivity index (χ4n) is 2.24. The number of Topliss-reactive ketones (excluding diaryl/α,β-unsaturated/α-hetero) is 1. The average Bonchev–Trinajstić information content (AvgIpc) is 2.66. The van der Waals surface area contributed by atoms with Crippen LogP contribution in [0.15, 0.2) is 18.2 Å². The Morgan fingerprint density at radius 3 is 3.00 bits per heavy atom. The molecule has 1 amide bonds. The zero-order valence-electron chi connectivity index (χ0n) is 10.8. The minimum atomic E-state index is -0.233. The van der Waals surface area contributed by atoms with Crippen LogP contribution in [-0.2, 0) is 22.6 Å². The van der Waals surface area contributed by atoms with Crippen LogP contribution in [0.4, 0.5) is 5.69 Å². The third kappa shape index (κ3) is 2.80. The molecule has 0 atom stereocenters. The van der Waals surface area contributed by atoms with Crippen LogP contribution in [0.2, 0.25) is 0 Å². The van der Waals surface area contributed by atoms with Crippen molar-refractivity contribution in [1.29, 1.82) is 5.26 Å². The number of nitrogens with zero attached hydrogens (tertiary/aromatic N) is 2. The lowest BCUT2D eigenvalue weighted by Crippen LogP contribution is -2.32. The molecule has 0 fully saturated rings. The van der Waals surface area contributed by atoms with Crippen molar-refractivity contribution in [3.05, 3.63) is 29.3 Å². The molecule has 0 spiro atoms. The van der Waals surface area contributed by atoms with Gasteiger partial charge in [-0.05, 0) is 24.2 Å². The molecule has 1 aliphatic rings. The van der Waals surface area contributed by atoms with E-state index in [9.17, 15) is 9.59 Å². The van der Waals surface area contributed by atoms with Crippen LogP contribution in [0.1, 0.15) is 17.5 Å². The van der Waals surface area contributed by atoms with E-state index in [1.807, 2.05) is 31.3 Å². The predicted octanol–water partition coefficient (Wildman–Crippen LogP) is 0.778. The van der Waals surface area contributed by atoms with Gasteiger partial charge in [0.25, 0.3) is 0 Å². The summed E-state index contributed by atoms with van der Waals surface area (Å²) in [6, 6.07) is 7.60. The molecule has 5 heteroatoms. The minimum absolute atomic E-state index is 0.00916. The number of amides is 1. The van der Waals surface area contributed by atoms with Gasteiger partial charge in [-0.25, -0.2) is 0 Å². The Morgan fingerprint density at radius 2 is 2.32 bits per heavy atom. The van der Waals surface area contributed by atoms with Crippen molar-refractivity contribution < 1.29 is 9.59 Å². The highest BCUT2D eigenvalue weighted by Gasteiger charge is 2.28. The number of carbonyl (C=O) groups excluding carboxylic acids is 2. The van der Waals surface area contributed by atoms with E-state index < -0.39 is 0 Å². The van der Waals surface area contributed by atoms with Crippen LogP contribution >= 0.6 is 0 Å². The smallest absolute Gasteiger partial charge is 0.231 e. The second kappa shape index (κ2) is 5.63. The van der Waals surface area contributed by atoms with Crippen LogP contribution in [0.3, 0.4) is 0 Å². The maximum Gasteiger partial charge on any atom is 0.231 e. The van der Waals surface area contributed by atoms with E-state index >= 15 is 0 Å². The quantitative estimate of drug-likeness (QED) is 0.846. The van der Waals surface area contributed by atoms with Crippen LogP contribution in [0, 0.1) is 11.3 Å². The number of ketones is 1. The highest BCUT2D eigenvalue weighted by atomic mass is 16.2. The molecular weight excluding hydrogens is 242 g/mol. The van der Waals surface area contributed by atoms with Gasteiger partial charge in [-0.1, -0.05) is 12.1 Å². The fourth-order valence-corrected chi connectivity index (χ4v) is 2.24. The van der Waals surface area contributed by atoms with Crippen LogP contribution < -0.4 is 10.2 Å². The Morgan fingerprint density at radius 1 is 1.53 bits per heavy atom. The van der Waals surface area contributed by atoms with E-state index in [2.05, 4.69) is 5.32 Å². The maximum absolute atomic E-state index is 11.9. The third-order valence-electron chi connectivity index (χ3n) is 3.07. The lowest BCUT2D eigenvalue weighted by Gasteiger charge is -2.16. The summed E-state index contributed by atoms with van der Waals surface area (Å²) in [7, 11) is 1.87. The average molecular weight is 257 g/mol. The number of nitrogens with one attached hydrogen (secondary N) is 1. The normalized spacial score (nSPS) is 13.3. The van der Waals surface area contributed by atoms with E-state index in [4.69, 9.17) is 5.26 Å². The first-order valence-electron chi connectivity index (χ1n) is 6.11. The Kier molecular flexibility index (Phi) is 3.93. The second-order valence-electron chi connectivity index (χ2n) is 4.52. The molecule has 2 rings (SSSR count). The van der Waals surface area contributed by atoms with Gasteiger partial charge in [-0.15, -0.1) is 0 Å². The van der Waals surface area contributed by atoms with Gasteiger partial charge in [-0.3, -0.25) is 9.59 Å². The van der Waals surface area contributed by atoms with Crippen molar-refractivity contribution in [2.24, 2.45) is 0 Å². The number of rotatable bonds is 5. The lowest BCUT2D eigenvalue weighted by atomic mass is 10.1. The zero-order valence-corrected chi connectivity index (χ0v) is 10.8. The Hall–Kier alpha value is -2.19. The highest BCUT2D eigenvalue weighted by molar-refractivity contribution is 6.05. The van der Waals surface area contributed by atoms with E-state index in [-0.39, 0.29) is 24.7 Å². The predicted molar refractivity (Wildman–Crippen MR) is 70.5 cm³/mol. The minimum Gasteiger partial charge on any atom is -0.316 e. The monoisotopic (exact) mass is 257 g/mol. The van der Waals surface area contributed by atoms with Crippen molar-refractivity contribution in [1.82, 2.24) is 5.32 Å². The van der Waals surface area contributed by atoms with Gasteiger partial charge in [-0.2, -0.15) is 5.26 Å². The largest absolute Gasteiger partial charge is 0.316 e. The first kappa shape index (κ1) is 13.2. The number of benzene rings is 1. The molecule has 0 aliphatic carbocycles. The summed E-state index contributed by atoms with van der Waals surface area (Å²) in [5.74, 6) is -0.314. The highest BCUT2D eigenvalue weighted by Crippen LogP contribution is 2.29. The van der Waals surface area contributed by atoms with Crippen LogP contribution in [0.25, 0.3) is 0 Å². The molecule has 19 heavy (non-hydrogen) atoms. The SMILES string of the molecule is CNCc1ccc2c(c1)CC(=O)N2CC(=O)CC#N. The molecule has 0 unspecified atom stereocenters. The first-order chi connectivity index (χ1) is 9.15. The van der Waals surface area contributed by atoms with Crippen molar-refractivity contribution in [3.63, 3.8) is 0 Å². The number of fused-ring (bicyclic) bond motifs is 1. The van der Waals surface area contributed by atoms with E-state index in [0.29, 0.717) is 6.42 Å². The Balaban J connectivity index is 2.20. The summed E-state index contributed by atoms with van der Waals surface area (Å²) in [6.07, 6.45) is 0.170. The Labute approximate surface area is 111 Å². The van der Waals surface area contributed by atoms with Crippen LogP contribution in [0.5, 0.6) is 0 Å².